The number of carbonyl (C=O) groups is 4. The average Bonchev–Trinajstić information content (AvgIpc) is 2.87. The fraction of sp³-hybridized carbons (Fsp3) is 0.462. The molecule has 2 heterocycles. The zero-order valence-corrected chi connectivity index (χ0v) is 21.5. The molecule has 196 valence electrons. The van der Waals surface area contributed by atoms with E-state index in [4.69, 9.17) is 14.0 Å². The van der Waals surface area contributed by atoms with Crippen molar-refractivity contribution in [2.75, 3.05) is 0 Å². The maximum atomic E-state index is 13.6. The summed E-state index contributed by atoms with van der Waals surface area (Å²) in [5.74, 6) is -2.70. The molecule has 0 radical (unpaired) electrons. The molecule has 1 saturated heterocycles. The van der Waals surface area contributed by atoms with E-state index in [2.05, 4.69) is 15.3 Å². The largest absolute Gasteiger partial charge is 0.602 e. The normalized spacial score (nSPS) is 19.8. The van der Waals surface area contributed by atoms with Crippen LogP contribution in [-0.4, -0.2) is 59.0 Å². The second-order valence-electron chi connectivity index (χ2n) is 9.53. The van der Waals surface area contributed by atoms with Gasteiger partial charge in [-0.25, -0.2) is 4.98 Å². The number of Topliss-reactive ketones (excluding diaryl/α,β-unsaturated/α-hetero) is 1. The Morgan fingerprint density at radius 3 is 2.24 bits per heavy atom. The number of rotatable bonds is 10. The number of aromatic nitrogens is 2. The molecule has 3 rings (SSSR count). The summed E-state index contributed by atoms with van der Waals surface area (Å²) in [6.07, 6.45) is 2.83. The standard InChI is InChI=1S/C26H32BN3O7/c1-16(2)12-20(27-36-25(33)17(3)35-18(4)26(34)37-27)14-23(31)21(13-19-8-6-5-7-9-19)30-24(32)22-15-28-10-11-29-22/h5-11,15-18,20-21H,12-14H2,1-4H3,(H,30,32)/t17-,18-,20-,21+/m1/s1. The molecule has 4 atom stereocenters. The van der Waals surface area contributed by atoms with Crippen molar-refractivity contribution in [3.05, 3.63) is 60.2 Å². The van der Waals surface area contributed by atoms with Crippen molar-refractivity contribution in [2.24, 2.45) is 5.92 Å². The van der Waals surface area contributed by atoms with Crippen LogP contribution in [0.4, 0.5) is 0 Å². The van der Waals surface area contributed by atoms with Gasteiger partial charge < -0.3 is 19.4 Å². The molecule has 1 aliphatic heterocycles. The Morgan fingerprint density at radius 2 is 1.68 bits per heavy atom. The smallest absolute Gasteiger partial charge is 0.497 e. The lowest BCUT2D eigenvalue weighted by atomic mass is 9.64. The van der Waals surface area contributed by atoms with Crippen molar-refractivity contribution in [1.82, 2.24) is 15.3 Å². The molecule has 1 aromatic heterocycles. The maximum absolute atomic E-state index is 13.6. The molecule has 0 bridgehead atoms. The molecular formula is C26H32BN3O7. The molecule has 0 spiro atoms. The quantitative estimate of drug-likeness (QED) is 0.480. The number of amides is 1. The van der Waals surface area contributed by atoms with Crippen LogP contribution in [0.5, 0.6) is 0 Å². The summed E-state index contributed by atoms with van der Waals surface area (Å²) in [7, 11) is -1.26. The van der Waals surface area contributed by atoms with Gasteiger partial charge >= 0.3 is 19.1 Å². The van der Waals surface area contributed by atoms with Gasteiger partial charge in [-0.2, -0.15) is 0 Å². The van der Waals surface area contributed by atoms with Crippen LogP contribution in [0.2, 0.25) is 5.82 Å². The number of hydrogen-bond donors (Lipinski definition) is 1. The van der Waals surface area contributed by atoms with Crippen LogP contribution in [0, 0.1) is 5.92 Å². The summed E-state index contributed by atoms with van der Waals surface area (Å²) in [6.45, 7) is 6.90. The lowest BCUT2D eigenvalue weighted by Gasteiger charge is -2.29. The molecule has 10 nitrogen and oxygen atoms in total. The predicted molar refractivity (Wildman–Crippen MR) is 134 cm³/mol. The van der Waals surface area contributed by atoms with Crippen LogP contribution >= 0.6 is 0 Å². The Morgan fingerprint density at radius 1 is 1.03 bits per heavy atom. The van der Waals surface area contributed by atoms with Gasteiger partial charge in [-0.3, -0.25) is 24.2 Å². The van der Waals surface area contributed by atoms with E-state index >= 15 is 0 Å². The fourth-order valence-electron chi connectivity index (χ4n) is 4.09. The third-order valence-electron chi connectivity index (χ3n) is 5.93. The number of carbonyl (C=O) groups excluding carboxylic acids is 4. The summed E-state index contributed by atoms with van der Waals surface area (Å²) in [5, 5.41) is 2.77. The van der Waals surface area contributed by atoms with Crippen molar-refractivity contribution in [3.8, 4) is 0 Å². The van der Waals surface area contributed by atoms with Gasteiger partial charge in [0.25, 0.3) is 5.91 Å². The van der Waals surface area contributed by atoms with Gasteiger partial charge in [0.1, 0.15) is 5.69 Å². The highest BCUT2D eigenvalue weighted by Gasteiger charge is 2.44. The van der Waals surface area contributed by atoms with E-state index in [0.717, 1.165) is 5.56 Å². The molecule has 37 heavy (non-hydrogen) atoms. The van der Waals surface area contributed by atoms with Crippen LogP contribution < -0.4 is 5.32 Å². The monoisotopic (exact) mass is 509 g/mol. The molecule has 1 amide bonds. The minimum absolute atomic E-state index is 0.0814. The van der Waals surface area contributed by atoms with Crippen LogP contribution in [0.3, 0.4) is 0 Å². The van der Waals surface area contributed by atoms with E-state index < -0.39 is 49.0 Å². The summed E-state index contributed by atoms with van der Waals surface area (Å²) < 4.78 is 16.3. The lowest BCUT2D eigenvalue weighted by Crippen LogP contribution is -2.47. The lowest BCUT2D eigenvalue weighted by molar-refractivity contribution is -0.167. The highest BCUT2D eigenvalue weighted by molar-refractivity contribution is 6.51. The first-order chi connectivity index (χ1) is 17.6. The predicted octanol–water partition coefficient (Wildman–Crippen LogP) is 2.58. The Labute approximate surface area is 216 Å². The van der Waals surface area contributed by atoms with Gasteiger partial charge in [0.15, 0.2) is 18.0 Å². The Kier molecular flexibility index (Phi) is 9.90. The maximum Gasteiger partial charge on any atom is 0.602 e. The van der Waals surface area contributed by atoms with Crippen molar-refractivity contribution < 1.29 is 33.2 Å². The van der Waals surface area contributed by atoms with Crippen LogP contribution in [0.25, 0.3) is 0 Å². The minimum Gasteiger partial charge on any atom is -0.497 e. The number of ketones is 1. The fourth-order valence-corrected chi connectivity index (χ4v) is 4.09. The van der Waals surface area contributed by atoms with Crippen molar-refractivity contribution in [1.29, 1.82) is 0 Å². The van der Waals surface area contributed by atoms with E-state index in [9.17, 15) is 19.2 Å². The Hall–Kier alpha value is -3.60. The summed E-state index contributed by atoms with van der Waals surface area (Å²) in [5.41, 5.74) is 0.933. The molecule has 0 saturated carbocycles. The van der Waals surface area contributed by atoms with Crippen LogP contribution in [-0.2, 0) is 34.9 Å². The van der Waals surface area contributed by atoms with E-state index in [1.807, 2.05) is 44.2 Å². The molecule has 1 aliphatic rings. The molecule has 11 heteroatoms. The number of nitrogens with one attached hydrogen (secondary N) is 1. The van der Waals surface area contributed by atoms with E-state index in [0.29, 0.717) is 6.42 Å². The SMILES string of the molecule is CC(C)C[C@H](CC(=O)[C@H](Cc1ccccc1)NC(=O)c1cnccn1)B1OC(=O)[C@@H](C)O[C@H](C)C(=O)O1. The highest BCUT2D eigenvalue weighted by Crippen LogP contribution is 2.29. The third-order valence-corrected chi connectivity index (χ3v) is 5.93. The van der Waals surface area contributed by atoms with Gasteiger partial charge in [-0.05, 0) is 38.2 Å². The van der Waals surface area contributed by atoms with Gasteiger partial charge in [0.05, 0.1) is 12.2 Å². The zero-order chi connectivity index (χ0) is 26.9. The zero-order valence-electron chi connectivity index (χ0n) is 21.5. The Bertz CT molecular complexity index is 1060. The molecule has 0 unspecified atom stereocenters. The summed E-state index contributed by atoms with van der Waals surface area (Å²) >= 11 is 0. The van der Waals surface area contributed by atoms with Crippen LogP contribution in [0.15, 0.2) is 48.9 Å². The second-order valence-corrected chi connectivity index (χ2v) is 9.53. The molecule has 1 N–H and O–H groups in total. The number of hydrogen-bond acceptors (Lipinski definition) is 9. The van der Waals surface area contributed by atoms with Crippen molar-refractivity contribution >= 4 is 30.7 Å². The topological polar surface area (TPSA) is 134 Å². The summed E-state index contributed by atoms with van der Waals surface area (Å²) in [6, 6.07) is 8.39. The van der Waals surface area contributed by atoms with Crippen molar-refractivity contribution in [2.45, 2.75) is 71.0 Å². The second kappa shape index (κ2) is 13.1. The van der Waals surface area contributed by atoms with Gasteiger partial charge in [-0.1, -0.05) is 44.2 Å². The first kappa shape index (κ1) is 28.0. The van der Waals surface area contributed by atoms with Crippen LogP contribution in [0.1, 0.15) is 56.6 Å². The van der Waals surface area contributed by atoms with Crippen molar-refractivity contribution in [3.63, 3.8) is 0 Å². The number of benzene rings is 1. The molecule has 1 aromatic carbocycles. The molecule has 2 aromatic rings. The summed E-state index contributed by atoms with van der Waals surface area (Å²) in [4.78, 5) is 59.4. The highest BCUT2D eigenvalue weighted by atomic mass is 16.7. The molecule has 0 aliphatic carbocycles. The first-order valence-electron chi connectivity index (χ1n) is 12.3. The number of ether oxygens (including phenoxy) is 1. The average molecular weight is 509 g/mol. The van der Waals surface area contributed by atoms with Gasteiger partial charge in [0.2, 0.25) is 0 Å². The first-order valence-corrected chi connectivity index (χ1v) is 12.3. The minimum atomic E-state index is -1.26. The van der Waals surface area contributed by atoms with Gasteiger partial charge in [0, 0.05) is 24.6 Å². The van der Waals surface area contributed by atoms with Gasteiger partial charge in [-0.15, -0.1) is 0 Å². The Balaban J connectivity index is 1.84. The van der Waals surface area contributed by atoms with E-state index in [-0.39, 0.29) is 30.2 Å². The molecular weight excluding hydrogens is 477 g/mol. The van der Waals surface area contributed by atoms with E-state index in [1.165, 1.54) is 32.4 Å². The van der Waals surface area contributed by atoms with E-state index in [1.54, 1.807) is 0 Å². The number of nitrogens with zero attached hydrogens (tertiary/aromatic N) is 2. The third kappa shape index (κ3) is 8.21. The molecule has 1 fully saturated rings.